The second-order valence-corrected chi connectivity index (χ2v) is 4.39. The maximum Gasteiger partial charge on any atom is 0.131 e. The topological polar surface area (TPSA) is 42.1 Å². The molecule has 2 aromatic rings. The first-order chi connectivity index (χ1) is 8.56. The van der Waals surface area contributed by atoms with Crippen LogP contribution in [0.1, 0.15) is 11.1 Å². The first kappa shape index (κ1) is 12.4. The molecule has 0 aliphatic heterocycles. The number of benzene rings is 1. The number of anilines is 2. The zero-order chi connectivity index (χ0) is 13.1. The van der Waals surface area contributed by atoms with E-state index in [1.165, 1.54) is 12.1 Å². The summed E-state index contributed by atoms with van der Waals surface area (Å²) in [6.07, 6.45) is 1.64. The number of hydrogen-bond acceptors (Lipinski definition) is 3. The van der Waals surface area contributed by atoms with Crippen LogP contribution in [0.15, 0.2) is 36.5 Å². The lowest BCUT2D eigenvalue weighted by molar-refractivity contribution is 0.627. The van der Waals surface area contributed by atoms with E-state index >= 15 is 0 Å². The summed E-state index contributed by atoms with van der Waals surface area (Å²) >= 11 is 0. The maximum absolute atomic E-state index is 12.8. The molecule has 0 amide bonds. The van der Waals surface area contributed by atoms with Crippen molar-refractivity contribution in [2.75, 3.05) is 17.7 Å². The van der Waals surface area contributed by atoms with Crippen LogP contribution in [0.5, 0.6) is 0 Å². The third kappa shape index (κ3) is 2.77. The Balaban J connectivity index is 2.16. The summed E-state index contributed by atoms with van der Waals surface area (Å²) in [6.45, 7) is 2.65. The Morgan fingerprint density at radius 2 is 1.94 bits per heavy atom. The van der Waals surface area contributed by atoms with Crippen LogP contribution in [0.2, 0.25) is 0 Å². The summed E-state index contributed by atoms with van der Waals surface area (Å²) in [5.74, 6) is 0.664. The summed E-state index contributed by atoms with van der Waals surface area (Å²) < 4.78 is 12.8. The summed E-state index contributed by atoms with van der Waals surface area (Å²) in [5.41, 5.74) is 8.40. The van der Waals surface area contributed by atoms with Gasteiger partial charge in [-0.1, -0.05) is 12.1 Å². The average molecular weight is 245 g/mol. The second kappa shape index (κ2) is 5.04. The molecule has 0 radical (unpaired) electrons. The van der Waals surface area contributed by atoms with Crippen molar-refractivity contribution in [3.05, 3.63) is 53.5 Å². The first-order valence-corrected chi connectivity index (χ1v) is 5.74. The number of aryl methyl sites for hydroxylation is 1. The molecule has 0 spiro atoms. The van der Waals surface area contributed by atoms with Gasteiger partial charge in [-0.15, -0.1) is 0 Å². The van der Waals surface area contributed by atoms with Crippen LogP contribution < -0.4 is 10.6 Å². The minimum Gasteiger partial charge on any atom is -0.397 e. The Hall–Kier alpha value is -2.10. The van der Waals surface area contributed by atoms with Crippen molar-refractivity contribution in [2.45, 2.75) is 13.5 Å². The van der Waals surface area contributed by atoms with Crippen LogP contribution in [-0.4, -0.2) is 12.0 Å². The fourth-order valence-corrected chi connectivity index (χ4v) is 1.93. The monoisotopic (exact) mass is 245 g/mol. The molecule has 0 saturated heterocycles. The molecule has 0 atom stereocenters. The summed E-state index contributed by atoms with van der Waals surface area (Å²) in [7, 11) is 1.95. The molecule has 18 heavy (non-hydrogen) atoms. The Kier molecular flexibility index (Phi) is 3.46. The second-order valence-electron chi connectivity index (χ2n) is 4.39. The molecule has 94 valence electrons. The summed E-state index contributed by atoms with van der Waals surface area (Å²) in [6, 6.07) is 8.37. The van der Waals surface area contributed by atoms with Gasteiger partial charge in [0.05, 0.1) is 11.9 Å². The molecule has 2 N–H and O–H groups in total. The normalized spacial score (nSPS) is 10.4. The molecule has 1 aromatic carbocycles. The average Bonchev–Trinajstić information content (AvgIpc) is 2.32. The minimum absolute atomic E-state index is 0.219. The molecule has 0 aliphatic rings. The fourth-order valence-electron chi connectivity index (χ4n) is 1.93. The Morgan fingerprint density at radius 3 is 2.56 bits per heavy atom. The molecule has 1 heterocycles. The van der Waals surface area contributed by atoms with Gasteiger partial charge >= 0.3 is 0 Å². The van der Waals surface area contributed by atoms with E-state index in [9.17, 15) is 4.39 Å². The lowest BCUT2D eigenvalue weighted by atomic mass is 10.2. The van der Waals surface area contributed by atoms with E-state index in [2.05, 4.69) is 4.98 Å². The van der Waals surface area contributed by atoms with Gasteiger partial charge in [0, 0.05) is 13.6 Å². The van der Waals surface area contributed by atoms with Crippen molar-refractivity contribution in [2.24, 2.45) is 0 Å². The lowest BCUT2D eigenvalue weighted by Gasteiger charge is -2.20. The van der Waals surface area contributed by atoms with Gasteiger partial charge in [0.25, 0.3) is 0 Å². The van der Waals surface area contributed by atoms with Gasteiger partial charge in [-0.25, -0.2) is 9.37 Å². The number of nitrogen functional groups attached to an aromatic ring is 1. The molecule has 0 aliphatic carbocycles. The van der Waals surface area contributed by atoms with Crippen molar-refractivity contribution >= 4 is 11.5 Å². The largest absolute Gasteiger partial charge is 0.397 e. The van der Waals surface area contributed by atoms with Crippen LogP contribution in [0, 0.1) is 12.7 Å². The van der Waals surface area contributed by atoms with Gasteiger partial charge in [-0.3, -0.25) is 0 Å². The van der Waals surface area contributed by atoms with Crippen molar-refractivity contribution in [3.63, 3.8) is 0 Å². The van der Waals surface area contributed by atoms with Crippen LogP contribution in [0.4, 0.5) is 15.9 Å². The van der Waals surface area contributed by atoms with E-state index in [1.54, 1.807) is 18.3 Å². The lowest BCUT2D eigenvalue weighted by Crippen LogP contribution is -2.18. The summed E-state index contributed by atoms with van der Waals surface area (Å²) in [5, 5.41) is 0. The van der Waals surface area contributed by atoms with Gasteiger partial charge < -0.3 is 10.6 Å². The molecule has 0 unspecified atom stereocenters. The van der Waals surface area contributed by atoms with Gasteiger partial charge in [0.15, 0.2) is 0 Å². The number of pyridine rings is 1. The number of halogens is 1. The predicted molar refractivity (Wildman–Crippen MR) is 71.9 cm³/mol. The SMILES string of the molecule is Cc1cc(N)cnc1N(C)Cc1ccc(F)cc1. The molecule has 2 rings (SSSR count). The Morgan fingerprint density at radius 1 is 1.28 bits per heavy atom. The fraction of sp³-hybridized carbons (Fsp3) is 0.214. The highest BCUT2D eigenvalue weighted by Gasteiger charge is 2.07. The van der Waals surface area contributed by atoms with Crippen molar-refractivity contribution < 1.29 is 4.39 Å². The molecule has 0 bridgehead atoms. The van der Waals surface area contributed by atoms with E-state index in [1.807, 2.05) is 24.9 Å². The van der Waals surface area contributed by atoms with Crippen LogP contribution in [-0.2, 0) is 6.54 Å². The van der Waals surface area contributed by atoms with Gasteiger partial charge in [-0.2, -0.15) is 0 Å². The molecular weight excluding hydrogens is 229 g/mol. The van der Waals surface area contributed by atoms with Crippen molar-refractivity contribution in [1.82, 2.24) is 4.98 Å². The zero-order valence-electron chi connectivity index (χ0n) is 10.5. The van der Waals surface area contributed by atoms with E-state index in [0.717, 1.165) is 16.9 Å². The highest BCUT2D eigenvalue weighted by Crippen LogP contribution is 2.19. The van der Waals surface area contributed by atoms with Crippen LogP contribution in [0.25, 0.3) is 0 Å². The van der Waals surface area contributed by atoms with E-state index in [4.69, 9.17) is 5.73 Å². The van der Waals surface area contributed by atoms with Crippen molar-refractivity contribution in [3.8, 4) is 0 Å². The van der Waals surface area contributed by atoms with E-state index in [-0.39, 0.29) is 5.82 Å². The number of aromatic nitrogens is 1. The van der Waals surface area contributed by atoms with Gasteiger partial charge in [0.2, 0.25) is 0 Å². The van der Waals surface area contributed by atoms with Crippen LogP contribution in [0.3, 0.4) is 0 Å². The quantitative estimate of drug-likeness (QED) is 0.904. The molecule has 1 aromatic heterocycles. The Labute approximate surface area is 106 Å². The Bertz CT molecular complexity index is 537. The van der Waals surface area contributed by atoms with Crippen molar-refractivity contribution in [1.29, 1.82) is 0 Å². The van der Waals surface area contributed by atoms with Gasteiger partial charge in [-0.05, 0) is 36.2 Å². The molecular formula is C14H16FN3. The molecule has 3 nitrogen and oxygen atoms in total. The number of rotatable bonds is 3. The van der Waals surface area contributed by atoms with Crippen LogP contribution >= 0.6 is 0 Å². The summed E-state index contributed by atoms with van der Waals surface area (Å²) in [4.78, 5) is 6.33. The maximum atomic E-state index is 12.8. The number of nitrogens with zero attached hydrogens (tertiary/aromatic N) is 2. The number of hydrogen-bond donors (Lipinski definition) is 1. The van der Waals surface area contributed by atoms with Gasteiger partial charge in [0.1, 0.15) is 11.6 Å². The third-order valence-corrected chi connectivity index (χ3v) is 2.77. The zero-order valence-corrected chi connectivity index (χ0v) is 10.5. The van der Waals surface area contributed by atoms with E-state index in [0.29, 0.717) is 12.2 Å². The highest BCUT2D eigenvalue weighted by atomic mass is 19.1. The molecule has 0 saturated carbocycles. The molecule has 4 heteroatoms. The first-order valence-electron chi connectivity index (χ1n) is 5.74. The smallest absolute Gasteiger partial charge is 0.131 e. The molecule has 0 fully saturated rings. The minimum atomic E-state index is -0.219. The predicted octanol–water partition coefficient (Wildman–Crippen LogP) is 2.75. The number of nitrogens with two attached hydrogens (primary N) is 1. The highest BCUT2D eigenvalue weighted by molar-refractivity contribution is 5.52. The standard InChI is InChI=1S/C14H16FN3/c1-10-7-13(16)8-17-14(10)18(2)9-11-3-5-12(15)6-4-11/h3-8H,9,16H2,1-2H3. The third-order valence-electron chi connectivity index (χ3n) is 2.77. The van der Waals surface area contributed by atoms with E-state index < -0.39 is 0 Å².